The first-order valence-corrected chi connectivity index (χ1v) is 17.8. The lowest BCUT2D eigenvalue weighted by atomic mass is 9.91. The number of aliphatic hydroxyl groups is 2. The summed E-state index contributed by atoms with van der Waals surface area (Å²) in [5.41, 5.74) is 11.2. The van der Waals surface area contributed by atoms with E-state index in [0.29, 0.717) is 57.4 Å². The van der Waals surface area contributed by atoms with E-state index in [9.17, 15) is 19.8 Å². The summed E-state index contributed by atoms with van der Waals surface area (Å²) >= 11 is 0. The number of nitrogens with one attached hydrogen (secondary N) is 1. The number of rotatable bonds is 25. The maximum atomic E-state index is 12.6. The van der Waals surface area contributed by atoms with E-state index in [4.69, 9.17) is 35.2 Å². The van der Waals surface area contributed by atoms with Gasteiger partial charge in [-0.2, -0.15) is 0 Å². The number of carbonyl (C=O) groups is 2. The fourth-order valence-corrected chi connectivity index (χ4v) is 4.96. The summed E-state index contributed by atoms with van der Waals surface area (Å²) < 4.78 is 29.5. The lowest BCUT2D eigenvalue weighted by molar-refractivity contribution is -0.0922. The van der Waals surface area contributed by atoms with Gasteiger partial charge in [0.15, 0.2) is 11.6 Å². The summed E-state index contributed by atoms with van der Waals surface area (Å²) in [6.07, 6.45) is -0.617. The standard InChI is InChI=1S/C39H63N3O9/c1-25(40)18-49-28(4)21-47-23-34(51-19-26(2)41)24-48-22-29(5)50-20-27(3)42-35(30-10-14-32(15-11-30)36(43)38(6,7)45)31-12-16-33(17-13-31)37(44)39(8,9)46/h10-17,25-29,34-35,42,45-46H,18-24,40-41H2,1-9H3. The minimum absolute atomic E-state index is 0.0417. The first kappa shape index (κ1) is 44.5. The first-order valence-electron chi connectivity index (χ1n) is 17.8. The van der Waals surface area contributed by atoms with Crippen LogP contribution in [0.1, 0.15) is 100 Å². The molecule has 2 aromatic carbocycles. The van der Waals surface area contributed by atoms with E-state index in [2.05, 4.69) is 5.32 Å². The van der Waals surface area contributed by atoms with E-state index in [1.165, 1.54) is 27.7 Å². The Labute approximate surface area is 304 Å². The molecule has 6 unspecified atom stereocenters. The fraction of sp³-hybridized carbons (Fsp3) is 0.641. The van der Waals surface area contributed by atoms with Crippen LogP contribution in [0.3, 0.4) is 0 Å². The van der Waals surface area contributed by atoms with Crippen LogP contribution in [0.25, 0.3) is 0 Å². The van der Waals surface area contributed by atoms with Crippen molar-refractivity contribution < 1.29 is 43.5 Å². The quantitative estimate of drug-likeness (QED) is 0.0943. The van der Waals surface area contributed by atoms with Crippen LogP contribution in [0, 0.1) is 0 Å². The van der Waals surface area contributed by atoms with Crippen LogP contribution >= 0.6 is 0 Å². The van der Waals surface area contributed by atoms with Gasteiger partial charge >= 0.3 is 0 Å². The Bertz CT molecular complexity index is 1240. The molecule has 0 amide bonds. The van der Waals surface area contributed by atoms with Crippen molar-refractivity contribution in [2.24, 2.45) is 11.5 Å². The molecule has 51 heavy (non-hydrogen) atoms. The van der Waals surface area contributed by atoms with E-state index in [0.717, 1.165) is 11.1 Å². The second kappa shape index (κ2) is 21.2. The van der Waals surface area contributed by atoms with Crippen LogP contribution < -0.4 is 16.8 Å². The van der Waals surface area contributed by atoms with Crippen molar-refractivity contribution in [1.82, 2.24) is 5.32 Å². The molecule has 0 fully saturated rings. The Kier molecular flexibility index (Phi) is 18.5. The number of carbonyl (C=O) groups excluding carboxylic acids is 2. The highest BCUT2D eigenvalue weighted by Gasteiger charge is 2.27. The molecule has 0 radical (unpaired) electrons. The average molecular weight is 718 g/mol. The lowest BCUT2D eigenvalue weighted by Crippen LogP contribution is -2.37. The van der Waals surface area contributed by atoms with Crippen LogP contribution in [-0.2, 0) is 23.7 Å². The van der Waals surface area contributed by atoms with Gasteiger partial charge in [-0.05, 0) is 73.4 Å². The molecule has 0 saturated heterocycles. The van der Waals surface area contributed by atoms with Crippen LogP contribution in [-0.4, -0.2) is 116 Å². The van der Waals surface area contributed by atoms with E-state index in [-0.39, 0.29) is 54.0 Å². The zero-order chi connectivity index (χ0) is 38.4. The molecule has 0 aliphatic heterocycles. The molecule has 0 aliphatic rings. The molecule has 2 rings (SSSR count). The summed E-state index contributed by atoms with van der Waals surface area (Å²) in [6.45, 7) is 18.1. The highest BCUT2D eigenvalue weighted by atomic mass is 16.6. The summed E-state index contributed by atoms with van der Waals surface area (Å²) in [4.78, 5) is 25.3. The van der Waals surface area contributed by atoms with Crippen molar-refractivity contribution in [2.45, 2.75) is 116 Å². The predicted molar refractivity (Wildman–Crippen MR) is 198 cm³/mol. The zero-order valence-corrected chi connectivity index (χ0v) is 32.0. The maximum absolute atomic E-state index is 12.6. The predicted octanol–water partition coefficient (Wildman–Crippen LogP) is 3.58. The van der Waals surface area contributed by atoms with Gasteiger partial charge in [-0.15, -0.1) is 0 Å². The SMILES string of the molecule is CC(N)COC(C)COCC(COCC(C)OCC(C)NC(c1ccc(C(=O)C(C)(C)O)cc1)c1ccc(C(=O)C(C)(C)O)cc1)OCC(C)N. The summed E-state index contributed by atoms with van der Waals surface area (Å²) in [7, 11) is 0. The van der Waals surface area contributed by atoms with Crippen molar-refractivity contribution in [1.29, 1.82) is 0 Å². The Morgan fingerprint density at radius 2 is 0.980 bits per heavy atom. The van der Waals surface area contributed by atoms with Gasteiger partial charge in [0.05, 0.1) is 64.5 Å². The van der Waals surface area contributed by atoms with Gasteiger partial charge in [0.2, 0.25) is 0 Å². The Morgan fingerprint density at radius 1 is 0.608 bits per heavy atom. The molecule has 2 aromatic rings. The molecule has 288 valence electrons. The summed E-state index contributed by atoms with van der Waals surface area (Å²) in [6, 6.07) is 13.6. The number of Topliss-reactive ketones (excluding diaryl/α,β-unsaturated/α-hetero) is 2. The van der Waals surface area contributed by atoms with Crippen molar-refractivity contribution in [3.8, 4) is 0 Å². The van der Waals surface area contributed by atoms with E-state index in [1.54, 1.807) is 24.3 Å². The molecule has 0 aromatic heterocycles. The average Bonchev–Trinajstić information content (AvgIpc) is 3.06. The maximum Gasteiger partial charge on any atom is 0.193 e. The number of benzene rings is 2. The third-order valence-corrected chi connectivity index (χ3v) is 7.76. The number of hydrogen-bond donors (Lipinski definition) is 5. The van der Waals surface area contributed by atoms with Crippen LogP contribution in [0.4, 0.5) is 0 Å². The summed E-state index contributed by atoms with van der Waals surface area (Å²) in [5.74, 6) is -0.745. The van der Waals surface area contributed by atoms with E-state index in [1.807, 2.05) is 58.9 Å². The number of ketones is 2. The zero-order valence-electron chi connectivity index (χ0n) is 32.0. The van der Waals surface area contributed by atoms with Gasteiger partial charge in [0.25, 0.3) is 0 Å². The lowest BCUT2D eigenvalue weighted by Gasteiger charge is -2.26. The second-order valence-electron chi connectivity index (χ2n) is 14.8. The molecular weight excluding hydrogens is 654 g/mol. The Balaban J connectivity index is 2.03. The van der Waals surface area contributed by atoms with Crippen LogP contribution in [0.2, 0.25) is 0 Å². The topological polar surface area (TPSA) is 185 Å². The van der Waals surface area contributed by atoms with Crippen LogP contribution in [0.5, 0.6) is 0 Å². The van der Waals surface area contributed by atoms with Crippen molar-refractivity contribution in [2.75, 3.05) is 46.2 Å². The van der Waals surface area contributed by atoms with Crippen molar-refractivity contribution >= 4 is 11.6 Å². The third-order valence-electron chi connectivity index (χ3n) is 7.76. The third kappa shape index (κ3) is 16.7. The van der Waals surface area contributed by atoms with Crippen LogP contribution in [0.15, 0.2) is 48.5 Å². The summed E-state index contributed by atoms with van der Waals surface area (Å²) in [5, 5.41) is 24.0. The normalized spacial score (nSPS) is 16.0. The monoisotopic (exact) mass is 717 g/mol. The molecule has 0 bridgehead atoms. The molecule has 12 nitrogen and oxygen atoms in total. The van der Waals surface area contributed by atoms with E-state index < -0.39 is 11.2 Å². The van der Waals surface area contributed by atoms with Gasteiger partial charge < -0.3 is 50.7 Å². The second-order valence-corrected chi connectivity index (χ2v) is 14.8. The minimum Gasteiger partial charge on any atom is -0.382 e. The molecule has 0 heterocycles. The minimum atomic E-state index is -1.49. The molecule has 7 N–H and O–H groups in total. The Morgan fingerprint density at radius 3 is 1.35 bits per heavy atom. The van der Waals surface area contributed by atoms with Gasteiger partial charge in [-0.1, -0.05) is 48.5 Å². The molecule has 6 atom stereocenters. The Hall–Kier alpha value is -2.62. The van der Waals surface area contributed by atoms with Gasteiger partial charge in [-0.3, -0.25) is 9.59 Å². The fourth-order valence-electron chi connectivity index (χ4n) is 4.96. The molecule has 0 saturated carbocycles. The van der Waals surface area contributed by atoms with Gasteiger partial charge in [0.1, 0.15) is 17.3 Å². The number of ether oxygens (including phenoxy) is 5. The molecule has 0 aliphatic carbocycles. The number of hydrogen-bond acceptors (Lipinski definition) is 12. The first-order chi connectivity index (χ1) is 23.8. The smallest absolute Gasteiger partial charge is 0.193 e. The van der Waals surface area contributed by atoms with E-state index >= 15 is 0 Å². The number of nitrogens with two attached hydrogens (primary N) is 2. The molecule has 0 spiro atoms. The highest BCUT2D eigenvalue weighted by molar-refractivity contribution is 6.02. The van der Waals surface area contributed by atoms with Gasteiger partial charge in [0, 0.05) is 29.3 Å². The van der Waals surface area contributed by atoms with Gasteiger partial charge in [-0.25, -0.2) is 0 Å². The van der Waals surface area contributed by atoms with Crippen molar-refractivity contribution in [3.63, 3.8) is 0 Å². The highest BCUT2D eigenvalue weighted by Crippen LogP contribution is 2.26. The van der Waals surface area contributed by atoms with Crippen molar-refractivity contribution in [3.05, 3.63) is 70.8 Å². The molecule has 12 heteroatoms. The largest absolute Gasteiger partial charge is 0.382 e. The molecular formula is C39H63N3O9.